The van der Waals surface area contributed by atoms with Crippen molar-refractivity contribution < 1.29 is 14.6 Å². The van der Waals surface area contributed by atoms with E-state index in [4.69, 9.17) is 4.74 Å². The molecule has 0 spiro atoms. The van der Waals surface area contributed by atoms with Crippen molar-refractivity contribution in [2.75, 3.05) is 13.2 Å². The summed E-state index contributed by atoms with van der Waals surface area (Å²) in [7, 11) is 0. The molecule has 1 amide bonds. The number of amides is 1. The van der Waals surface area contributed by atoms with Crippen LogP contribution >= 0.6 is 0 Å². The summed E-state index contributed by atoms with van der Waals surface area (Å²) >= 11 is 0. The van der Waals surface area contributed by atoms with E-state index in [0.717, 1.165) is 19.4 Å². The molecule has 2 rings (SSSR count). The van der Waals surface area contributed by atoms with Gasteiger partial charge in [0.15, 0.2) is 0 Å². The van der Waals surface area contributed by atoms with E-state index in [9.17, 15) is 9.90 Å². The van der Waals surface area contributed by atoms with Crippen molar-refractivity contribution >= 4 is 5.91 Å². The first-order valence-corrected chi connectivity index (χ1v) is 5.28. The molecule has 1 aromatic rings. The molecule has 0 aliphatic carbocycles. The van der Waals surface area contributed by atoms with Crippen LogP contribution in [-0.2, 0) is 4.74 Å². The molecule has 5 heteroatoms. The zero-order valence-corrected chi connectivity index (χ0v) is 8.85. The van der Waals surface area contributed by atoms with Crippen molar-refractivity contribution in [1.82, 2.24) is 10.3 Å². The van der Waals surface area contributed by atoms with Gasteiger partial charge in [-0.25, -0.2) is 0 Å². The normalized spacial score (nSPS) is 20.4. The number of hydrogen-bond donors (Lipinski definition) is 2. The third-order valence-electron chi connectivity index (χ3n) is 2.48. The first kappa shape index (κ1) is 10.9. The predicted octanol–water partition coefficient (Wildman–Crippen LogP) is 0.696. The summed E-state index contributed by atoms with van der Waals surface area (Å²) in [4.78, 5) is 15.5. The van der Waals surface area contributed by atoms with E-state index in [1.54, 1.807) is 0 Å². The number of pyridine rings is 1. The second-order valence-electron chi connectivity index (χ2n) is 3.82. The van der Waals surface area contributed by atoms with Crippen molar-refractivity contribution in [3.05, 3.63) is 24.0 Å². The Morgan fingerprint density at radius 1 is 1.56 bits per heavy atom. The van der Waals surface area contributed by atoms with E-state index < -0.39 is 0 Å². The van der Waals surface area contributed by atoms with Crippen LogP contribution in [0.2, 0.25) is 0 Å². The van der Waals surface area contributed by atoms with Crippen LogP contribution in [0.25, 0.3) is 0 Å². The van der Waals surface area contributed by atoms with Gasteiger partial charge in [0.2, 0.25) is 0 Å². The number of nitrogens with zero attached hydrogens (tertiary/aromatic N) is 1. The van der Waals surface area contributed by atoms with Crippen molar-refractivity contribution in [2.24, 2.45) is 0 Å². The molecule has 1 aromatic heterocycles. The fraction of sp³-hybridized carbons (Fsp3) is 0.455. The molecule has 5 nitrogen and oxygen atoms in total. The van der Waals surface area contributed by atoms with E-state index in [-0.39, 0.29) is 17.7 Å². The van der Waals surface area contributed by atoms with Crippen LogP contribution in [0.5, 0.6) is 5.75 Å². The number of rotatable bonds is 2. The first-order chi connectivity index (χ1) is 7.75. The van der Waals surface area contributed by atoms with Gasteiger partial charge in [0.05, 0.1) is 24.4 Å². The van der Waals surface area contributed by atoms with Gasteiger partial charge >= 0.3 is 0 Å². The molecule has 2 N–H and O–H groups in total. The first-order valence-electron chi connectivity index (χ1n) is 5.28. The van der Waals surface area contributed by atoms with Gasteiger partial charge in [-0.3, -0.25) is 9.78 Å². The number of aromatic nitrogens is 1. The molecule has 1 atom stereocenters. The lowest BCUT2D eigenvalue weighted by Crippen LogP contribution is -2.40. The van der Waals surface area contributed by atoms with Crippen molar-refractivity contribution in [3.63, 3.8) is 0 Å². The highest BCUT2D eigenvalue weighted by Crippen LogP contribution is 2.10. The summed E-state index contributed by atoms with van der Waals surface area (Å²) in [6.45, 7) is 1.32. The lowest BCUT2D eigenvalue weighted by Gasteiger charge is -2.23. The fourth-order valence-corrected chi connectivity index (χ4v) is 1.68. The molecule has 1 aliphatic heterocycles. The predicted molar refractivity (Wildman–Crippen MR) is 57.2 cm³/mol. The Morgan fingerprint density at radius 3 is 3.12 bits per heavy atom. The summed E-state index contributed by atoms with van der Waals surface area (Å²) in [6, 6.07) is 1.45. The molecular formula is C11H14N2O3. The number of carbonyl (C=O) groups is 1. The van der Waals surface area contributed by atoms with Crippen LogP contribution in [0, 0.1) is 0 Å². The van der Waals surface area contributed by atoms with Gasteiger partial charge in [-0.15, -0.1) is 0 Å². The minimum atomic E-state index is -0.223. The largest absolute Gasteiger partial charge is 0.506 e. The monoisotopic (exact) mass is 222 g/mol. The Kier molecular flexibility index (Phi) is 3.36. The highest BCUT2D eigenvalue weighted by Gasteiger charge is 2.17. The Bertz CT molecular complexity index is 375. The van der Waals surface area contributed by atoms with Crippen molar-refractivity contribution in [3.8, 4) is 5.75 Å². The molecule has 1 unspecified atom stereocenters. The molecule has 0 saturated carbocycles. The molecule has 0 aromatic carbocycles. The SMILES string of the molecule is O=C(NC1CCCOC1)c1cncc(O)c1. The molecule has 86 valence electrons. The number of ether oxygens (including phenoxy) is 1. The van der Waals surface area contributed by atoms with Gasteiger partial charge in [-0.2, -0.15) is 0 Å². The molecular weight excluding hydrogens is 208 g/mol. The maximum atomic E-state index is 11.7. The molecule has 1 saturated heterocycles. The molecule has 1 aliphatic rings. The Morgan fingerprint density at radius 2 is 2.44 bits per heavy atom. The number of hydrogen-bond acceptors (Lipinski definition) is 4. The van der Waals surface area contributed by atoms with E-state index in [1.807, 2.05) is 0 Å². The summed E-state index contributed by atoms with van der Waals surface area (Å²) in [6.07, 6.45) is 4.61. The van der Waals surface area contributed by atoms with Crippen LogP contribution in [0.15, 0.2) is 18.5 Å². The van der Waals surface area contributed by atoms with Gasteiger partial charge in [-0.1, -0.05) is 0 Å². The van der Waals surface area contributed by atoms with Gasteiger partial charge in [0.1, 0.15) is 5.75 Å². The average Bonchev–Trinajstić information content (AvgIpc) is 2.30. The number of nitrogens with one attached hydrogen (secondary N) is 1. The van der Waals surface area contributed by atoms with Crippen LogP contribution in [0.1, 0.15) is 23.2 Å². The van der Waals surface area contributed by atoms with Gasteiger partial charge in [-0.05, 0) is 18.9 Å². The molecule has 0 bridgehead atoms. The van der Waals surface area contributed by atoms with E-state index >= 15 is 0 Å². The average molecular weight is 222 g/mol. The lowest BCUT2D eigenvalue weighted by molar-refractivity contribution is 0.0624. The van der Waals surface area contributed by atoms with Crippen LogP contribution in [-0.4, -0.2) is 35.3 Å². The minimum Gasteiger partial charge on any atom is -0.506 e. The van der Waals surface area contributed by atoms with Gasteiger partial charge in [0.25, 0.3) is 5.91 Å². The standard InChI is InChI=1S/C11H14N2O3/c14-10-4-8(5-12-6-10)11(15)13-9-2-1-3-16-7-9/h4-6,9,14H,1-3,7H2,(H,13,15). The zero-order valence-electron chi connectivity index (χ0n) is 8.85. The quantitative estimate of drug-likeness (QED) is 0.772. The minimum absolute atomic E-state index is 0.00690. The van der Waals surface area contributed by atoms with E-state index in [1.165, 1.54) is 18.5 Å². The highest BCUT2D eigenvalue weighted by atomic mass is 16.5. The third kappa shape index (κ3) is 2.70. The Hall–Kier alpha value is -1.62. The van der Waals surface area contributed by atoms with Gasteiger partial charge in [0, 0.05) is 12.8 Å². The maximum absolute atomic E-state index is 11.7. The zero-order chi connectivity index (χ0) is 11.4. The summed E-state index contributed by atoms with van der Waals surface area (Å²) in [5.41, 5.74) is 0.366. The highest BCUT2D eigenvalue weighted by molar-refractivity contribution is 5.94. The second-order valence-corrected chi connectivity index (χ2v) is 3.82. The van der Waals surface area contributed by atoms with E-state index in [2.05, 4.69) is 10.3 Å². The number of aromatic hydroxyl groups is 1. The topological polar surface area (TPSA) is 71.5 Å². The van der Waals surface area contributed by atoms with Crippen LogP contribution < -0.4 is 5.32 Å². The van der Waals surface area contributed by atoms with Crippen LogP contribution in [0.4, 0.5) is 0 Å². The third-order valence-corrected chi connectivity index (χ3v) is 2.48. The summed E-state index contributed by atoms with van der Waals surface area (Å²) in [5, 5.41) is 12.0. The summed E-state index contributed by atoms with van der Waals surface area (Å²) < 4.78 is 5.26. The smallest absolute Gasteiger partial charge is 0.253 e. The second kappa shape index (κ2) is 4.94. The molecule has 2 heterocycles. The number of carbonyl (C=O) groups excluding carboxylic acids is 1. The molecule has 0 radical (unpaired) electrons. The Balaban J connectivity index is 1.97. The van der Waals surface area contributed by atoms with Crippen molar-refractivity contribution in [2.45, 2.75) is 18.9 Å². The van der Waals surface area contributed by atoms with E-state index in [0.29, 0.717) is 12.2 Å². The fourth-order valence-electron chi connectivity index (χ4n) is 1.68. The van der Waals surface area contributed by atoms with Gasteiger partial charge < -0.3 is 15.2 Å². The lowest BCUT2D eigenvalue weighted by atomic mass is 10.1. The summed E-state index contributed by atoms with van der Waals surface area (Å²) in [5.74, 6) is -0.230. The van der Waals surface area contributed by atoms with Crippen LogP contribution in [0.3, 0.4) is 0 Å². The molecule has 1 fully saturated rings. The molecule has 16 heavy (non-hydrogen) atoms. The Labute approximate surface area is 93.5 Å². The maximum Gasteiger partial charge on any atom is 0.253 e. The van der Waals surface area contributed by atoms with Crippen molar-refractivity contribution in [1.29, 1.82) is 0 Å².